The van der Waals surface area contributed by atoms with E-state index in [0.717, 1.165) is 30.6 Å². The molecule has 1 aromatic heterocycles. The third-order valence-corrected chi connectivity index (χ3v) is 5.67. The molecule has 2 aliphatic rings. The molecule has 1 saturated heterocycles. The lowest BCUT2D eigenvalue weighted by Crippen LogP contribution is -2.40. The van der Waals surface area contributed by atoms with E-state index in [-0.39, 0.29) is 17.9 Å². The van der Waals surface area contributed by atoms with Crippen LogP contribution in [-0.4, -0.2) is 33.7 Å². The molecular weight excluding hydrogens is 314 g/mol. The summed E-state index contributed by atoms with van der Waals surface area (Å²) in [4.78, 5) is 15.2. The Morgan fingerprint density at radius 2 is 2.12 bits per heavy atom. The van der Waals surface area contributed by atoms with Crippen LogP contribution in [0.3, 0.4) is 0 Å². The first-order valence-electron chi connectivity index (χ1n) is 9.02. The number of fused-ring (bicyclic) bond motifs is 1. The van der Waals surface area contributed by atoms with E-state index in [2.05, 4.69) is 30.2 Å². The number of carbonyl (C=O) groups is 1. The number of carbonyl (C=O) groups excluding carboxylic acids is 1. The lowest BCUT2D eigenvalue weighted by atomic mass is 9.92. The molecule has 1 fully saturated rings. The van der Waals surface area contributed by atoms with E-state index in [1.807, 2.05) is 29.7 Å². The lowest BCUT2D eigenvalue weighted by Gasteiger charge is -2.32. The molecule has 0 N–H and O–H groups in total. The van der Waals surface area contributed by atoms with Gasteiger partial charge in [-0.2, -0.15) is 5.10 Å². The molecule has 1 aromatic carbocycles. The SMILES string of the molecule is Cc1ccc2c(c1)CCN(C(=O)[C@H]1CCO[C@@H]1c1cnn(C)c1C)C2. The first kappa shape index (κ1) is 16.3. The van der Waals surface area contributed by atoms with Gasteiger partial charge in [0, 0.05) is 38.0 Å². The Kier molecular flexibility index (Phi) is 4.12. The Morgan fingerprint density at radius 3 is 2.88 bits per heavy atom. The van der Waals surface area contributed by atoms with Crippen molar-refractivity contribution in [1.82, 2.24) is 14.7 Å². The van der Waals surface area contributed by atoms with Crippen LogP contribution in [0.2, 0.25) is 0 Å². The summed E-state index contributed by atoms with van der Waals surface area (Å²) in [6.07, 6.45) is 3.41. The first-order valence-corrected chi connectivity index (χ1v) is 9.02. The van der Waals surface area contributed by atoms with Gasteiger partial charge in [0.15, 0.2) is 0 Å². The zero-order chi connectivity index (χ0) is 17.6. The van der Waals surface area contributed by atoms with Crippen molar-refractivity contribution in [2.75, 3.05) is 13.2 Å². The maximum absolute atomic E-state index is 13.2. The highest BCUT2D eigenvalue weighted by molar-refractivity contribution is 5.80. The van der Waals surface area contributed by atoms with Gasteiger partial charge in [-0.25, -0.2) is 0 Å². The summed E-state index contributed by atoms with van der Waals surface area (Å²) < 4.78 is 7.79. The maximum Gasteiger partial charge on any atom is 0.229 e. The number of aromatic nitrogens is 2. The van der Waals surface area contributed by atoms with Gasteiger partial charge in [-0.05, 0) is 37.8 Å². The summed E-state index contributed by atoms with van der Waals surface area (Å²) in [6, 6.07) is 6.54. The van der Waals surface area contributed by atoms with Crippen LogP contribution in [0.25, 0.3) is 0 Å². The minimum absolute atomic E-state index is 0.102. The minimum atomic E-state index is -0.166. The molecule has 2 aliphatic heterocycles. The molecule has 132 valence electrons. The van der Waals surface area contributed by atoms with Gasteiger partial charge in [0.25, 0.3) is 0 Å². The van der Waals surface area contributed by atoms with E-state index in [1.165, 1.54) is 16.7 Å². The van der Waals surface area contributed by atoms with Crippen molar-refractivity contribution in [3.8, 4) is 0 Å². The molecule has 0 saturated carbocycles. The summed E-state index contributed by atoms with van der Waals surface area (Å²) >= 11 is 0. The number of benzene rings is 1. The van der Waals surface area contributed by atoms with Gasteiger partial charge < -0.3 is 9.64 Å². The monoisotopic (exact) mass is 339 g/mol. The third-order valence-electron chi connectivity index (χ3n) is 5.67. The Balaban J connectivity index is 1.54. The molecule has 0 aliphatic carbocycles. The van der Waals surface area contributed by atoms with Crippen LogP contribution in [0, 0.1) is 19.8 Å². The van der Waals surface area contributed by atoms with Crippen LogP contribution < -0.4 is 0 Å². The number of ether oxygens (including phenoxy) is 1. The van der Waals surface area contributed by atoms with Crippen molar-refractivity contribution in [1.29, 1.82) is 0 Å². The quantitative estimate of drug-likeness (QED) is 0.845. The molecule has 0 spiro atoms. The molecule has 0 radical (unpaired) electrons. The molecule has 2 aromatic rings. The average Bonchev–Trinajstić information content (AvgIpc) is 3.21. The molecule has 5 heteroatoms. The number of nitrogens with zero attached hydrogens (tertiary/aromatic N) is 3. The van der Waals surface area contributed by atoms with Crippen LogP contribution in [0.4, 0.5) is 0 Å². The molecule has 4 rings (SSSR count). The zero-order valence-corrected chi connectivity index (χ0v) is 15.2. The Hall–Kier alpha value is -2.14. The largest absolute Gasteiger partial charge is 0.373 e. The second-order valence-corrected chi connectivity index (χ2v) is 7.28. The number of aryl methyl sites for hydroxylation is 2. The van der Waals surface area contributed by atoms with E-state index in [0.29, 0.717) is 13.2 Å². The molecule has 5 nitrogen and oxygen atoms in total. The highest BCUT2D eigenvalue weighted by atomic mass is 16.5. The van der Waals surface area contributed by atoms with Crippen LogP contribution in [0.5, 0.6) is 0 Å². The molecule has 2 atom stereocenters. The van der Waals surface area contributed by atoms with E-state index >= 15 is 0 Å². The molecule has 25 heavy (non-hydrogen) atoms. The molecule has 0 bridgehead atoms. The van der Waals surface area contributed by atoms with Crippen LogP contribution in [0.15, 0.2) is 24.4 Å². The van der Waals surface area contributed by atoms with Crippen molar-refractivity contribution >= 4 is 5.91 Å². The standard InChI is InChI=1S/C20H25N3O2/c1-13-4-5-16-12-23(8-6-15(16)10-13)20(24)17-7-9-25-19(17)18-11-21-22(3)14(18)2/h4-5,10-11,17,19H,6-9,12H2,1-3H3/t17-,19-/m0/s1. The highest BCUT2D eigenvalue weighted by Crippen LogP contribution is 2.37. The Bertz CT molecular complexity index is 811. The van der Waals surface area contributed by atoms with Crippen molar-refractivity contribution < 1.29 is 9.53 Å². The number of hydrogen-bond donors (Lipinski definition) is 0. The zero-order valence-electron chi connectivity index (χ0n) is 15.2. The topological polar surface area (TPSA) is 47.4 Å². The number of hydrogen-bond acceptors (Lipinski definition) is 3. The van der Waals surface area contributed by atoms with Gasteiger partial charge in [-0.1, -0.05) is 23.8 Å². The van der Waals surface area contributed by atoms with Crippen LogP contribution in [-0.2, 0) is 29.5 Å². The Labute approximate surface area is 148 Å². The average molecular weight is 339 g/mol. The van der Waals surface area contributed by atoms with Crippen molar-refractivity contribution in [2.45, 2.75) is 39.3 Å². The predicted molar refractivity (Wildman–Crippen MR) is 95.0 cm³/mol. The predicted octanol–water partition coefficient (Wildman–Crippen LogP) is 2.70. The lowest BCUT2D eigenvalue weighted by molar-refractivity contribution is -0.138. The normalized spacial score (nSPS) is 22.9. The second-order valence-electron chi connectivity index (χ2n) is 7.28. The summed E-state index contributed by atoms with van der Waals surface area (Å²) in [7, 11) is 1.92. The summed E-state index contributed by atoms with van der Waals surface area (Å²) in [6.45, 7) is 6.30. The number of amides is 1. The third kappa shape index (κ3) is 2.86. The van der Waals surface area contributed by atoms with Crippen molar-refractivity contribution in [3.05, 3.63) is 52.3 Å². The summed E-state index contributed by atoms with van der Waals surface area (Å²) in [5, 5.41) is 4.32. The minimum Gasteiger partial charge on any atom is -0.373 e. The van der Waals surface area contributed by atoms with E-state index < -0.39 is 0 Å². The van der Waals surface area contributed by atoms with Gasteiger partial charge >= 0.3 is 0 Å². The molecule has 0 unspecified atom stereocenters. The van der Waals surface area contributed by atoms with Gasteiger partial charge in [-0.3, -0.25) is 9.48 Å². The number of rotatable bonds is 2. The van der Waals surface area contributed by atoms with E-state index in [4.69, 9.17) is 4.74 Å². The first-order chi connectivity index (χ1) is 12.0. The van der Waals surface area contributed by atoms with Gasteiger partial charge in [-0.15, -0.1) is 0 Å². The van der Waals surface area contributed by atoms with E-state index in [9.17, 15) is 4.79 Å². The van der Waals surface area contributed by atoms with Gasteiger partial charge in [0.2, 0.25) is 5.91 Å². The Morgan fingerprint density at radius 1 is 1.28 bits per heavy atom. The summed E-state index contributed by atoms with van der Waals surface area (Å²) in [5.74, 6) is 0.117. The fourth-order valence-electron chi connectivity index (χ4n) is 4.05. The molecule has 1 amide bonds. The second kappa shape index (κ2) is 6.30. The fourth-order valence-corrected chi connectivity index (χ4v) is 4.05. The summed E-state index contributed by atoms with van der Waals surface area (Å²) in [5.41, 5.74) is 6.06. The highest BCUT2D eigenvalue weighted by Gasteiger charge is 2.39. The molecule has 3 heterocycles. The fraction of sp³-hybridized carbons (Fsp3) is 0.500. The van der Waals surface area contributed by atoms with Gasteiger partial charge in [0.1, 0.15) is 0 Å². The van der Waals surface area contributed by atoms with Crippen LogP contribution >= 0.6 is 0 Å². The maximum atomic E-state index is 13.2. The van der Waals surface area contributed by atoms with Crippen molar-refractivity contribution in [2.24, 2.45) is 13.0 Å². The van der Waals surface area contributed by atoms with Gasteiger partial charge in [0.05, 0.1) is 18.2 Å². The van der Waals surface area contributed by atoms with Crippen LogP contribution in [0.1, 0.15) is 40.5 Å². The smallest absolute Gasteiger partial charge is 0.229 e. The van der Waals surface area contributed by atoms with E-state index in [1.54, 1.807) is 0 Å². The van der Waals surface area contributed by atoms with Crippen molar-refractivity contribution in [3.63, 3.8) is 0 Å². The molecular formula is C20H25N3O2.